The minimum Gasteiger partial charge on any atom is -0.493 e. The fourth-order valence-corrected chi connectivity index (χ4v) is 4.28. The van der Waals surface area contributed by atoms with Gasteiger partial charge in [-0.05, 0) is 69.7 Å². The topological polar surface area (TPSA) is 67.8 Å². The highest BCUT2D eigenvalue weighted by atomic mass is 16.6. The van der Waals surface area contributed by atoms with Crippen molar-refractivity contribution < 1.29 is 19.4 Å². The summed E-state index contributed by atoms with van der Waals surface area (Å²) in [5, 5.41) is 14.7. The summed E-state index contributed by atoms with van der Waals surface area (Å²) in [6.07, 6.45) is 0.226. The Morgan fingerprint density at radius 1 is 1.10 bits per heavy atom. The molecule has 0 saturated carbocycles. The van der Waals surface area contributed by atoms with Crippen LogP contribution in [0.25, 0.3) is 0 Å². The van der Waals surface area contributed by atoms with Gasteiger partial charge in [0.05, 0.1) is 12.3 Å². The molecule has 5 heteroatoms. The zero-order valence-electron chi connectivity index (χ0n) is 20.0. The molecule has 2 aromatic carbocycles. The van der Waals surface area contributed by atoms with Gasteiger partial charge in [0, 0.05) is 17.5 Å². The molecule has 0 radical (unpaired) electrons. The summed E-state index contributed by atoms with van der Waals surface area (Å²) in [5.41, 5.74) is 4.23. The van der Waals surface area contributed by atoms with Crippen LogP contribution in [-0.2, 0) is 16.8 Å². The Kier molecular flexibility index (Phi) is 6.12. The van der Waals surface area contributed by atoms with E-state index in [0.29, 0.717) is 23.8 Å². The fraction of sp³-hybridized carbons (Fsp3) is 0.500. The lowest BCUT2D eigenvalue weighted by Crippen LogP contribution is -2.29. The molecule has 0 fully saturated rings. The van der Waals surface area contributed by atoms with Crippen LogP contribution in [0.15, 0.2) is 24.3 Å². The molecule has 5 nitrogen and oxygen atoms in total. The first-order chi connectivity index (χ1) is 14.3. The highest BCUT2D eigenvalue weighted by Crippen LogP contribution is 2.47. The van der Waals surface area contributed by atoms with Crippen LogP contribution in [-0.4, -0.2) is 23.4 Å². The standard InChI is InChI=1S/C26H35NO4/c1-15(2)18-9-11-19(12-10-18)26(8,29)21-17(4)22(27-24(28)31-25(5,6)7)16(3)20-13-14-30-23(20)21/h9-12,15,29H,13-14H2,1-8H3,(H,27,28). The molecule has 1 aliphatic heterocycles. The van der Waals surface area contributed by atoms with E-state index >= 15 is 0 Å². The van der Waals surface area contributed by atoms with Crippen molar-refractivity contribution in [1.29, 1.82) is 0 Å². The highest BCUT2D eigenvalue weighted by molar-refractivity contribution is 5.89. The predicted molar refractivity (Wildman–Crippen MR) is 124 cm³/mol. The van der Waals surface area contributed by atoms with Crippen molar-refractivity contribution >= 4 is 11.8 Å². The van der Waals surface area contributed by atoms with Gasteiger partial charge in [-0.25, -0.2) is 4.79 Å². The monoisotopic (exact) mass is 425 g/mol. The number of amides is 1. The molecule has 1 atom stereocenters. The van der Waals surface area contributed by atoms with Gasteiger partial charge in [0.1, 0.15) is 17.0 Å². The maximum Gasteiger partial charge on any atom is 0.412 e. The van der Waals surface area contributed by atoms with E-state index in [1.807, 2.05) is 46.8 Å². The van der Waals surface area contributed by atoms with Crippen molar-refractivity contribution in [3.8, 4) is 5.75 Å². The summed E-state index contributed by atoms with van der Waals surface area (Å²) in [5.74, 6) is 1.14. The molecule has 168 valence electrons. The van der Waals surface area contributed by atoms with Crippen LogP contribution in [0.5, 0.6) is 5.75 Å². The number of nitrogens with one attached hydrogen (secondary N) is 1. The van der Waals surface area contributed by atoms with Crippen LogP contribution in [0.4, 0.5) is 10.5 Å². The van der Waals surface area contributed by atoms with Crippen molar-refractivity contribution in [2.45, 2.75) is 78.9 Å². The Bertz CT molecular complexity index is 982. The number of anilines is 1. The molecule has 0 saturated heterocycles. The largest absolute Gasteiger partial charge is 0.493 e. The van der Waals surface area contributed by atoms with E-state index in [0.717, 1.165) is 34.4 Å². The number of benzene rings is 2. The number of hydrogen-bond acceptors (Lipinski definition) is 4. The van der Waals surface area contributed by atoms with Crippen LogP contribution in [0.3, 0.4) is 0 Å². The van der Waals surface area contributed by atoms with Crippen molar-refractivity contribution in [3.63, 3.8) is 0 Å². The van der Waals surface area contributed by atoms with Gasteiger partial charge in [0.2, 0.25) is 0 Å². The summed E-state index contributed by atoms with van der Waals surface area (Å²) in [4.78, 5) is 12.5. The average molecular weight is 426 g/mol. The third-order valence-corrected chi connectivity index (χ3v) is 5.93. The maximum atomic E-state index is 12.5. The quantitative estimate of drug-likeness (QED) is 0.634. The third-order valence-electron chi connectivity index (χ3n) is 5.93. The second-order valence-corrected chi connectivity index (χ2v) is 9.88. The predicted octanol–water partition coefficient (Wildman–Crippen LogP) is 5.96. The third kappa shape index (κ3) is 4.57. The summed E-state index contributed by atoms with van der Waals surface area (Å²) < 4.78 is 11.5. The molecule has 31 heavy (non-hydrogen) atoms. The van der Waals surface area contributed by atoms with E-state index in [9.17, 15) is 9.90 Å². The normalized spacial score (nSPS) is 15.3. The number of fused-ring (bicyclic) bond motifs is 1. The number of ether oxygens (including phenoxy) is 2. The minimum atomic E-state index is -1.29. The van der Waals surface area contributed by atoms with Gasteiger partial charge >= 0.3 is 6.09 Å². The van der Waals surface area contributed by atoms with Gasteiger partial charge < -0.3 is 14.6 Å². The molecular weight excluding hydrogens is 390 g/mol. The Balaban J connectivity index is 2.11. The zero-order valence-corrected chi connectivity index (χ0v) is 20.0. The number of carbonyl (C=O) groups excluding carboxylic acids is 1. The van der Waals surface area contributed by atoms with Crippen molar-refractivity contribution in [2.24, 2.45) is 0 Å². The van der Waals surface area contributed by atoms with Crippen LogP contribution < -0.4 is 10.1 Å². The Morgan fingerprint density at radius 2 is 1.71 bits per heavy atom. The first-order valence-electron chi connectivity index (χ1n) is 10.9. The van der Waals surface area contributed by atoms with E-state index in [2.05, 4.69) is 31.3 Å². The molecule has 1 unspecified atom stereocenters. The summed E-state index contributed by atoms with van der Waals surface area (Å²) in [6, 6.07) is 8.05. The van der Waals surface area contributed by atoms with E-state index < -0.39 is 17.3 Å². The second kappa shape index (κ2) is 8.19. The SMILES string of the molecule is Cc1c2c(c(C(C)(O)c3ccc(C(C)C)cc3)c(C)c1NC(=O)OC(C)(C)C)OCC2. The number of rotatable bonds is 4. The molecule has 0 bridgehead atoms. The molecular formula is C26H35NO4. The van der Waals surface area contributed by atoms with Crippen molar-refractivity contribution in [2.75, 3.05) is 11.9 Å². The van der Waals surface area contributed by atoms with Crippen LogP contribution in [0.2, 0.25) is 0 Å². The molecule has 2 N–H and O–H groups in total. The van der Waals surface area contributed by atoms with E-state index in [-0.39, 0.29) is 0 Å². The van der Waals surface area contributed by atoms with Gasteiger partial charge in [-0.1, -0.05) is 38.1 Å². The Hall–Kier alpha value is -2.53. The summed E-state index contributed by atoms with van der Waals surface area (Å²) in [6.45, 7) is 16.0. The first kappa shape index (κ1) is 23.1. The smallest absolute Gasteiger partial charge is 0.412 e. The molecule has 0 spiro atoms. The molecule has 2 aromatic rings. The number of carbonyl (C=O) groups is 1. The Labute approximate surface area is 185 Å². The number of aliphatic hydroxyl groups is 1. The van der Waals surface area contributed by atoms with Crippen LogP contribution >= 0.6 is 0 Å². The first-order valence-corrected chi connectivity index (χ1v) is 10.9. The summed E-state index contributed by atoms with van der Waals surface area (Å²) >= 11 is 0. The van der Waals surface area contributed by atoms with Gasteiger partial charge in [0.15, 0.2) is 0 Å². The van der Waals surface area contributed by atoms with Gasteiger partial charge in [-0.3, -0.25) is 5.32 Å². The van der Waals surface area contributed by atoms with Gasteiger partial charge in [0.25, 0.3) is 0 Å². The molecule has 3 rings (SSSR count). The van der Waals surface area contributed by atoms with Crippen LogP contribution in [0, 0.1) is 13.8 Å². The molecule has 1 heterocycles. The lowest BCUT2D eigenvalue weighted by Gasteiger charge is -2.31. The maximum absolute atomic E-state index is 12.5. The Morgan fingerprint density at radius 3 is 2.26 bits per heavy atom. The van der Waals surface area contributed by atoms with E-state index in [1.54, 1.807) is 6.92 Å². The molecule has 0 aromatic heterocycles. The average Bonchev–Trinajstić information content (AvgIpc) is 3.13. The zero-order chi connectivity index (χ0) is 23.1. The van der Waals surface area contributed by atoms with Gasteiger partial charge in [-0.2, -0.15) is 0 Å². The van der Waals surface area contributed by atoms with E-state index in [1.165, 1.54) is 5.56 Å². The lowest BCUT2D eigenvalue weighted by molar-refractivity contribution is 0.0634. The molecule has 1 amide bonds. The molecule has 0 aliphatic carbocycles. The second-order valence-electron chi connectivity index (χ2n) is 9.88. The molecule has 1 aliphatic rings. The fourth-order valence-electron chi connectivity index (χ4n) is 4.28. The van der Waals surface area contributed by atoms with Gasteiger partial charge in [-0.15, -0.1) is 0 Å². The lowest BCUT2D eigenvalue weighted by atomic mass is 9.81. The van der Waals surface area contributed by atoms with Crippen LogP contribution in [0.1, 0.15) is 80.8 Å². The van der Waals surface area contributed by atoms with E-state index in [4.69, 9.17) is 9.47 Å². The number of hydrogen-bond donors (Lipinski definition) is 2. The summed E-state index contributed by atoms with van der Waals surface area (Å²) in [7, 11) is 0. The minimum absolute atomic E-state index is 0.414. The van der Waals surface area contributed by atoms with Crippen molar-refractivity contribution in [1.82, 2.24) is 0 Å². The highest BCUT2D eigenvalue weighted by Gasteiger charge is 2.37. The van der Waals surface area contributed by atoms with Crippen molar-refractivity contribution in [3.05, 3.63) is 57.6 Å².